The normalized spacial score (nSPS) is 13.3. The molecule has 0 aliphatic rings. The van der Waals surface area contributed by atoms with E-state index in [9.17, 15) is 19.7 Å². The molecule has 0 spiro atoms. The third kappa shape index (κ3) is 3.98. The summed E-state index contributed by atoms with van der Waals surface area (Å²) in [5, 5.41) is 22.2. The Morgan fingerprint density at radius 3 is 2.62 bits per heavy atom. The second kappa shape index (κ2) is 6.78. The van der Waals surface area contributed by atoms with E-state index in [1.54, 1.807) is 6.92 Å². The molecule has 1 amide bonds. The van der Waals surface area contributed by atoms with Crippen LogP contribution in [0.15, 0.2) is 12.3 Å². The van der Waals surface area contributed by atoms with Gasteiger partial charge in [0.2, 0.25) is 0 Å². The third-order valence-corrected chi connectivity index (χ3v) is 3.29. The summed E-state index contributed by atoms with van der Waals surface area (Å²) in [5.74, 6) is -2.09. The Morgan fingerprint density at radius 2 is 2.14 bits per heavy atom. The smallest absolute Gasteiger partial charge is 0.326 e. The fraction of sp³-hybridized carbons (Fsp3) is 0.462. The quantitative estimate of drug-likeness (QED) is 0.606. The number of aromatic nitrogens is 1. The number of carboxylic acids is 1. The molecule has 1 aromatic rings. The number of amides is 1. The fourth-order valence-electron chi connectivity index (χ4n) is 1.75. The summed E-state index contributed by atoms with van der Waals surface area (Å²) < 4.78 is 0. The highest BCUT2D eigenvalue weighted by atomic mass is 16.6. The van der Waals surface area contributed by atoms with E-state index in [4.69, 9.17) is 5.11 Å². The molecule has 0 aliphatic carbocycles. The molecule has 0 aliphatic heterocycles. The van der Waals surface area contributed by atoms with E-state index in [2.05, 4.69) is 10.3 Å². The number of aliphatic carboxylic acids is 1. The van der Waals surface area contributed by atoms with E-state index in [0.717, 1.165) is 12.3 Å². The number of nitrogens with one attached hydrogen (secondary N) is 1. The van der Waals surface area contributed by atoms with Gasteiger partial charge in [-0.3, -0.25) is 19.9 Å². The standard InChI is InChI=1S/C13H17N3O5/c1-4-7(2)11(13(18)19)15-12(17)10-5-9(16(20)21)6-14-8(10)3/h5-7,11H,4H2,1-3H3,(H,15,17)(H,18,19). The fourth-order valence-corrected chi connectivity index (χ4v) is 1.75. The minimum Gasteiger partial charge on any atom is -0.480 e. The molecule has 2 atom stereocenters. The van der Waals surface area contributed by atoms with Gasteiger partial charge in [0, 0.05) is 6.07 Å². The highest BCUT2D eigenvalue weighted by molar-refractivity contribution is 5.98. The molecule has 8 nitrogen and oxygen atoms in total. The molecule has 1 rings (SSSR count). The molecule has 1 heterocycles. The predicted molar refractivity (Wildman–Crippen MR) is 74.0 cm³/mol. The van der Waals surface area contributed by atoms with Crippen LogP contribution in [0.2, 0.25) is 0 Å². The Morgan fingerprint density at radius 1 is 1.52 bits per heavy atom. The van der Waals surface area contributed by atoms with Crippen LogP contribution in [0.3, 0.4) is 0 Å². The van der Waals surface area contributed by atoms with Gasteiger partial charge in [-0.05, 0) is 12.8 Å². The lowest BCUT2D eigenvalue weighted by molar-refractivity contribution is -0.385. The van der Waals surface area contributed by atoms with Crippen molar-refractivity contribution in [2.75, 3.05) is 0 Å². The summed E-state index contributed by atoms with van der Waals surface area (Å²) in [6, 6.07) is 0.0360. The first kappa shape index (κ1) is 16.5. The van der Waals surface area contributed by atoms with Gasteiger partial charge in [-0.2, -0.15) is 0 Å². The van der Waals surface area contributed by atoms with Crippen molar-refractivity contribution in [1.29, 1.82) is 0 Å². The molecule has 1 aromatic heterocycles. The number of hydrogen-bond acceptors (Lipinski definition) is 5. The van der Waals surface area contributed by atoms with E-state index < -0.39 is 22.8 Å². The first-order valence-electron chi connectivity index (χ1n) is 6.42. The van der Waals surface area contributed by atoms with Gasteiger partial charge in [-0.1, -0.05) is 20.3 Å². The number of rotatable bonds is 6. The Labute approximate surface area is 121 Å². The molecule has 0 fully saturated rings. The maximum absolute atomic E-state index is 12.1. The van der Waals surface area contributed by atoms with Crippen molar-refractivity contribution < 1.29 is 19.6 Å². The van der Waals surface area contributed by atoms with Crippen LogP contribution < -0.4 is 5.32 Å². The number of carboxylic acid groups (broad SMARTS) is 1. The number of nitrogens with zero attached hydrogens (tertiary/aromatic N) is 2. The highest BCUT2D eigenvalue weighted by Gasteiger charge is 2.27. The lowest BCUT2D eigenvalue weighted by Crippen LogP contribution is -2.45. The van der Waals surface area contributed by atoms with Crippen LogP contribution in [0, 0.1) is 23.0 Å². The van der Waals surface area contributed by atoms with Crippen molar-refractivity contribution >= 4 is 17.6 Å². The van der Waals surface area contributed by atoms with Crippen molar-refractivity contribution in [2.45, 2.75) is 33.2 Å². The molecule has 21 heavy (non-hydrogen) atoms. The van der Waals surface area contributed by atoms with Crippen molar-refractivity contribution in [1.82, 2.24) is 10.3 Å². The largest absolute Gasteiger partial charge is 0.480 e. The van der Waals surface area contributed by atoms with Crippen LogP contribution in [0.4, 0.5) is 5.69 Å². The maximum Gasteiger partial charge on any atom is 0.326 e. The van der Waals surface area contributed by atoms with Crippen LogP contribution in [0.25, 0.3) is 0 Å². The number of pyridine rings is 1. The van der Waals surface area contributed by atoms with Crippen LogP contribution >= 0.6 is 0 Å². The van der Waals surface area contributed by atoms with E-state index in [1.165, 1.54) is 6.92 Å². The Bertz CT molecular complexity index is 573. The first-order valence-corrected chi connectivity index (χ1v) is 6.42. The molecule has 2 N–H and O–H groups in total. The van der Waals surface area contributed by atoms with E-state index in [-0.39, 0.29) is 17.2 Å². The monoisotopic (exact) mass is 295 g/mol. The van der Waals surface area contributed by atoms with Gasteiger partial charge in [0.1, 0.15) is 12.2 Å². The molecule has 0 saturated carbocycles. The number of carbonyl (C=O) groups excluding carboxylic acids is 1. The average molecular weight is 295 g/mol. The zero-order valence-corrected chi connectivity index (χ0v) is 12.0. The Kier molecular flexibility index (Phi) is 5.34. The van der Waals surface area contributed by atoms with E-state index in [0.29, 0.717) is 12.1 Å². The summed E-state index contributed by atoms with van der Waals surface area (Å²) in [6.07, 6.45) is 1.62. The molecule has 0 bridgehead atoms. The van der Waals surface area contributed by atoms with Crippen molar-refractivity contribution in [3.8, 4) is 0 Å². The van der Waals surface area contributed by atoms with Crippen molar-refractivity contribution in [3.05, 3.63) is 33.6 Å². The van der Waals surface area contributed by atoms with E-state index in [1.807, 2.05) is 6.92 Å². The van der Waals surface area contributed by atoms with Crippen LogP contribution in [-0.2, 0) is 4.79 Å². The summed E-state index contributed by atoms with van der Waals surface area (Å²) in [7, 11) is 0. The van der Waals surface area contributed by atoms with E-state index >= 15 is 0 Å². The number of carbonyl (C=O) groups is 2. The summed E-state index contributed by atoms with van der Waals surface area (Å²) in [4.78, 5) is 37.2. The molecular weight excluding hydrogens is 278 g/mol. The SMILES string of the molecule is CCC(C)C(NC(=O)c1cc([N+](=O)[O-])cnc1C)C(=O)O. The summed E-state index contributed by atoms with van der Waals surface area (Å²) in [6.45, 7) is 5.04. The lowest BCUT2D eigenvalue weighted by atomic mass is 9.99. The van der Waals surface area contributed by atoms with Gasteiger partial charge in [-0.15, -0.1) is 0 Å². The van der Waals surface area contributed by atoms with Gasteiger partial charge >= 0.3 is 5.97 Å². The zero-order valence-electron chi connectivity index (χ0n) is 12.0. The van der Waals surface area contributed by atoms with Gasteiger partial charge in [-0.25, -0.2) is 4.79 Å². The van der Waals surface area contributed by atoms with Gasteiger partial charge in [0.15, 0.2) is 0 Å². The first-order chi connectivity index (χ1) is 9.77. The summed E-state index contributed by atoms with van der Waals surface area (Å²) >= 11 is 0. The number of hydrogen-bond donors (Lipinski definition) is 2. The van der Waals surface area contributed by atoms with Crippen LogP contribution in [0.5, 0.6) is 0 Å². The predicted octanol–water partition coefficient (Wildman–Crippen LogP) is 1.53. The lowest BCUT2D eigenvalue weighted by Gasteiger charge is -2.20. The van der Waals surface area contributed by atoms with Crippen LogP contribution in [-0.4, -0.2) is 32.9 Å². The molecular formula is C13H17N3O5. The Balaban J connectivity index is 3.05. The second-order valence-corrected chi connectivity index (χ2v) is 4.76. The van der Waals surface area contributed by atoms with Gasteiger partial charge in [0.25, 0.3) is 11.6 Å². The molecule has 0 radical (unpaired) electrons. The topological polar surface area (TPSA) is 122 Å². The molecule has 0 saturated heterocycles. The average Bonchev–Trinajstić information content (AvgIpc) is 2.43. The molecule has 0 aromatic carbocycles. The second-order valence-electron chi connectivity index (χ2n) is 4.76. The van der Waals surface area contributed by atoms with Crippen LogP contribution in [0.1, 0.15) is 36.3 Å². The zero-order chi connectivity index (χ0) is 16.2. The number of nitro groups is 1. The minimum atomic E-state index is -1.14. The molecule has 2 unspecified atom stereocenters. The van der Waals surface area contributed by atoms with Crippen molar-refractivity contribution in [3.63, 3.8) is 0 Å². The highest BCUT2D eigenvalue weighted by Crippen LogP contribution is 2.16. The van der Waals surface area contributed by atoms with Crippen molar-refractivity contribution in [2.24, 2.45) is 5.92 Å². The molecule has 8 heteroatoms. The Hall–Kier alpha value is -2.51. The third-order valence-electron chi connectivity index (χ3n) is 3.29. The maximum atomic E-state index is 12.1. The van der Waals surface area contributed by atoms with Gasteiger partial charge in [0.05, 0.1) is 16.2 Å². The molecule has 114 valence electrons. The number of aryl methyl sites for hydroxylation is 1. The summed E-state index contributed by atoms with van der Waals surface area (Å²) in [5.41, 5.74) is -0.0219. The minimum absolute atomic E-state index is 0.00115. The van der Waals surface area contributed by atoms with Gasteiger partial charge < -0.3 is 10.4 Å².